The van der Waals surface area contributed by atoms with Gasteiger partial charge in [-0.25, -0.2) is 4.39 Å². The van der Waals surface area contributed by atoms with Crippen molar-refractivity contribution in [2.24, 2.45) is 5.92 Å². The first-order valence-corrected chi connectivity index (χ1v) is 8.93. The highest BCUT2D eigenvalue weighted by Crippen LogP contribution is 2.25. The molecule has 8 nitrogen and oxygen atoms in total. The molecule has 1 aliphatic rings. The van der Waals surface area contributed by atoms with Crippen LogP contribution in [0.5, 0.6) is 0 Å². The van der Waals surface area contributed by atoms with Crippen molar-refractivity contribution < 1.29 is 23.9 Å². The van der Waals surface area contributed by atoms with E-state index in [1.165, 1.54) is 36.2 Å². The van der Waals surface area contributed by atoms with Crippen LogP contribution in [0, 0.1) is 11.7 Å². The van der Waals surface area contributed by atoms with Crippen LogP contribution in [0.25, 0.3) is 11.3 Å². The van der Waals surface area contributed by atoms with Crippen molar-refractivity contribution in [3.63, 3.8) is 0 Å². The Kier molecular flexibility index (Phi) is 5.72. The van der Waals surface area contributed by atoms with E-state index in [9.17, 15) is 23.9 Å². The number of carbonyl (C=O) groups excluding carboxylic acids is 2. The molecule has 28 heavy (non-hydrogen) atoms. The molecule has 2 atom stereocenters. The number of amides is 2. The van der Waals surface area contributed by atoms with E-state index in [0.717, 1.165) is 0 Å². The molecule has 1 aromatic heterocycles. The number of nitrogens with zero attached hydrogens (tertiary/aromatic N) is 2. The maximum Gasteiger partial charge on any atom is 0.308 e. The highest BCUT2D eigenvalue weighted by atomic mass is 19.1. The smallest absolute Gasteiger partial charge is 0.308 e. The monoisotopic (exact) mass is 388 g/mol. The molecule has 3 N–H and O–H groups in total. The highest BCUT2D eigenvalue weighted by molar-refractivity contribution is 6.00. The molecule has 1 saturated heterocycles. The number of aliphatic carboxylic acids is 1. The van der Waals surface area contributed by atoms with Gasteiger partial charge in [0, 0.05) is 31.6 Å². The third-order valence-corrected chi connectivity index (χ3v) is 4.77. The first kappa shape index (κ1) is 19.5. The Morgan fingerprint density at radius 3 is 2.75 bits per heavy atom. The van der Waals surface area contributed by atoms with Crippen LogP contribution in [0.4, 0.5) is 4.39 Å². The molecule has 2 aromatic rings. The molecule has 0 saturated carbocycles. The van der Waals surface area contributed by atoms with Gasteiger partial charge in [-0.15, -0.1) is 0 Å². The highest BCUT2D eigenvalue weighted by Gasteiger charge is 2.32. The number of hydrogen-bond acceptors (Lipinski definition) is 4. The second-order valence-electron chi connectivity index (χ2n) is 6.89. The molecule has 2 heterocycles. The molecule has 0 spiro atoms. The van der Waals surface area contributed by atoms with E-state index < -0.39 is 23.6 Å². The summed E-state index contributed by atoms with van der Waals surface area (Å²) >= 11 is 0. The number of carbonyl (C=O) groups is 3. The van der Waals surface area contributed by atoms with E-state index in [2.05, 4.69) is 15.5 Å². The quantitative estimate of drug-likeness (QED) is 0.737. The fraction of sp³-hybridized carbons (Fsp3) is 0.368. The summed E-state index contributed by atoms with van der Waals surface area (Å²) in [7, 11) is 0. The summed E-state index contributed by atoms with van der Waals surface area (Å²) in [4.78, 5) is 37.5. The maximum atomic E-state index is 13.6. The second-order valence-corrected chi connectivity index (χ2v) is 6.89. The summed E-state index contributed by atoms with van der Waals surface area (Å²) in [5, 5.41) is 18.8. The number of carboxylic acid groups (broad SMARTS) is 1. The van der Waals surface area contributed by atoms with Crippen LogP contribution in [-0.2, 0) is 9.59 Å². The fourth-order valence-corrected chi connectivity index (χ4v) is 3.45. The number of aromatic amines is 1. The molecular weight excluding hydrogens is 367 g/mol. The molecule has 148 valence electrons. The van der Waals surface area contributed by atoms with Gasteiger partial charge in [0.2, 0.25) is 5.91 Å². The number of rotatable bonds is 4. The lowest BCUT2D eigenvalue weighted by molar-refractivity contribution is -0.142. The molecule has 2 amide bonds. The van der Waals surface area contributed by atoms with Gasteiger partial charge >= 0.3 is 5.97 Å². The molecule has 1 aromatic carbocycles. The van der Waals surface area contributed by atoms with E-state index in [1.807, 2.05) is 0 Å². The summed E-state index contributed by atoms with van der Waals surface area (Å²) in [6.07, 6.45) is 2.16. The SMILES string of the molecule is CC(=O)N[C@@H]1CC[C@H](C(=O)O)CN(C(=O)c2cn[nH]c2-c2cccc(F)c2)C1. The Balaban J connectivity index is 1.90. The number of aromatic nitrogens is 2. The number of hydrogen-bond donors (Lipinski definition) is 3. The minimum atomic E-state index is -0.987. The third-order valence-electron chi connectivity index (χ3n) is 4.77. The summed E-state index contributed by atoms with van der Waals surface area (Å²) < 4.78 is 13.6. The largest absolute Gasteiger partial charge is 0.481 e. The van der Waals surface area contributed by atoms with Crippen molar-refractivity contribution in [1.29, 1.82) is 0 Å². The van der Waals surface area contributed by atoms with Crippen LogP contribution >= 0.6 is 0 Å². The van der Waals surface area contributed by atoms with Crippen molar-refractivity contribution in [3.05, 3.63) is 41.8 Å². The van der Waals surface area contributed by atoms with Gasteiger partial charge in [0.15, 0.2) is 0 Å². The standard InChI is InChI=1S/C19H21FN4O4/c1-11(25)22-15-6-5-13(19(27)28)9-24(10-15)18(26)16-8-21-23-17(16)12-3-2-4-14(20)7-12/h2-4,7-8,13,15H,5-6,9-10H2,1H3,(H,21,23)(H,22,25)(H,27,28)/t13-,15+/m0/s1. The van der Waals surface area contributed by atoms with Crippen LogP contribution in [0.1, 0.15) is 30.1 Å². The van der Waals surface area contributed by atoms with Crippen LogP contribution < -0.4 is 5.32 Å². The van der Waals surface area contributed by atoms with E-state index >= 15 is 0 Å². The lowest BCUT2D eigenvalue weighted by atomic mass is 10.0. The summed E-state index contributed by atoms with van der Waals surface area (Å²) in [5.41, 5.74) is 1.04. The molecule has 0 radical (unpaired) electrons. The van der Waals surface area contributed by atoms with Gasteiger partial charge in [0.25, 0.3) is 5.91 Å². The van der Waals surface area contributed by atoms with Crippen molar-refractivity contribution in [3.8, 4) is 11.3 Å². The lowest BCUT2D eigenvalue weighted by Crippen LogP contribution is -2.44. The number of nitrogens with one attached hydrogen (secondary N) is 2. The Bertz CT molecular complexity index is 898. The minimum absolute atomic E-state index is 0.0258. The van der Waals surface area contributed by atoms with Crippen LogP contribution in [0.3, 0.4) is 0 Å². The van der Waals surface area contributed by atoms with Gasteiger partial charge in [-0.05, 0) is 25.0 Å². The van der Waals surface area contributed by atoms with Crippen molar-refractivity contribution in [1.82, 2.24) is 20.4 Å². The fourth-order valence-electron chi connectivity index (χ4n) is 3.45. The average molecular weight is 388 g/mol. The molecule has 9 heteroatoms. The molecule has 0 bridgehead atoms. The van der Waals surface area contributed by atoms with Gasteiger partial charge in [-0.3, -0.25) is 19.5 Å². The van der Waals surface area contributed by atoms with Crippen LogP contribution in [0.2, 0.25) is 0 Å². The molecular formula is C19H21FN4O4. The number of carboxylic acids is 1. The van der Waals surface area contributed by atoms with Gasteiger partial charge in [-0.2, -0.15) is 5.10 Å². The average Bonchev–Trinajstić information content (AvgIpc) is 3.02. The van der Waals surface area contributed by atoms with Gasteiger partial charge in [0.1, 0.15) is 5.82 Å². The zero-order valence-electron chi connectivity index (χ0n) is 15.3. The van der Waals surface area contributed by atoms with Crippen molar-refractivity contribution >= 4 is 17.8 Å². The second kappa shape index (κ2) is 8.20. The Morgan fingerprint density at radius 2 is 2.07 bits per heavy atom. The Morgan fingerprint density at radius 1 is 1.29 bits per heavy atom. The first-order valence-electron chi connectivity index (χ1n) is 8.93. The Labute approximate surface area is 160 Å². The predicted molar refractivity (Wildman–Crippen MR) is 97.8 cm³/mol. The van der Waals surface area contributed by atoms with Crippen LogP contribution in [0.15, 0.2) is 30.5 Å². The first-order chi connectivity index (χ1) is 13.3. The van der Waals surface area contributed by atoms with Crippen LogP contribution in [-0.4, -0.2) is 57.1 Å². The number of halogens is 1. The van der Waals surface area contributed by atoms with E-state index in [-0.39, 0.29) is 30.6 Å². The predicted octanol–water partition coefficient (Wildman–Crippen LogP) is 1.66. The molecule has 1 aliphatic heterocycles. The molecule has 0 aliphatic carbocycles. The number of likely N-dealkylation sites (tertiary alicyclic amines) is 1. The van der Waals surface area contributed by atoms with Gasteiger partial charge in [0.05, 0.1) is 23.4 Å². The molecule has 0 unspecified atom stereocenters. The number of benzene rings is 1. The van der Waals surface area contributed by atoms with Gasteiger partial charge in [-0.1, -0.05) is 12.1 Å². The maximum absolute atomic E-state index is 13.6. The lowest BCUT2D eigenvalue weighted by Gasteiger charge is -2.25. The van der Waals surface area contributed by atoms with E-state index in [0.29, 0.717) is 24.1 Å². The van der Waals surface area contributed by atoms with Crippen molar-refractivity contribution in [2.75, 3.05) is 13.1 Å². The summed E-state index contributed by atoms with van der Waals surface area (Å²) in [6.45, 7) is 1.60. The zero-order chi connectivity index (χ0) is 20.3. The van der Waals surface area contributed by atoms with Gasteiger partial charge < -0.3 is 15.3 Å². The molecule has 1 fully saturated rings. The van der Waals surface area contributed by atoms with Crippen molar-refractivity contribution in [2.45, 2.75) is 25.8 Å². The minimum Gasteiger partial charge on any atom is -0.481 e. The summed E-state index contributed by atoms with van der Waals surface area (Å²) in [6, 6.07) is 5.42. The normalized spacial score (nSPS) is 19.7. The summed E-state index contributed by atoms with van der Waals surface area (Å²) in [5.74, 6) is -2.82. The zero-order valence-corrected chi connectivity index (χ0v) is 15.3. The van der Waals surface area contributed by atoms with E-state index in [1.54, 1.807) is 6.07 Å². The molecule has 3 rings (SSSR count). The number of H-pyrrole nitrogens is 1. The van der Waals surface area contributed by atoms with E-state index in [4.69, 9.17) is 0 Å². The Hall–Kier alpha value is -3.23. The third kappa shape index (κ3) is 4.36. The topological polar surface area (TPSA) is 115 Å².